The number of ether oxygens (including phenoxy) is 1. The summed E-state index contributed by atoms with van der Waals surface area (Å²) >= 11 is 0. The van der Waals surface area contributed by atoms with E-state index in [9.17, 15) is 14.0 Å². The second-order valence-electron chi connectivity index (χ2n) is 7.13. The molecule has 0 saturated heterocycles. The van der Waals surface area contributed by atoms with E-state index < -0.39 is 17.2 Å². The van der Waals surface area contributed by atoms with E-state index in [-0.39, 0.29) is 28.9 Å². The minimum atomic E-state index is -0.892. The molecule has 0 saturated carbocycles. The molecule has 156 valence electrons. The lowest BCUT2D eigenvalue weighted by molar-refractivity contribution is 0.0998. The fraction of sp³-hybridized carbons (Fsp3) is 0.0833. The lowest BCUT2D eigenvalue weighted by Crippen LogP contribution is -2.25. The normalized spacial score (nSPS) is 10.9. The number of carbonyl (C=O) groups excluding carboxylic acids is 1. The molecular weight excluding hydrogens is 397 g/mol. The Morgan fingerprint density at radius 3 is 2.32 bits per heavy atom. The van der Waals surface area contributed by atoms with Crippen LogP contribution >= 0.6 is 0 Å². The first-order valence-corrected chi connectivity index (χ1v) is 9.54. The molecule has 0 unspecified atom stereocenters. The molecular formula is C24H20FN3O3. The van der Waals surface area contributed by atoms with Crippen molar-refractivity contribution < 1.29 is 13.9 Å². The first-order valence-electron chi connectivity index (χ1n) is 9.54. The topological polar surface area (TPSA) is 100 Å². The van der Waals surface area contributed by atoms with Crippen LogP contribution in [0.1, 0.15) is 15.9 Å². The second kappa shape index (κ2) is 7.95. The van der Waals surface area contributed by atoms with Gasteiger partial charge in [0.1, 0.15) is 11.3 Å². The van der Waals surface area contributed by atoms with Gasteiger partial charge in [0.05, 0.1) is 18.0 Å². The Kier molecular flexibility index (Phi) is 5.17. The predicted octanol–water partition coefficient (Wildman–Crippen LogP) is 3.55. The van der Waals surface area contributed by atoms with Crippen molar-refractivity contribution in [2.75, 3.05) is 12.8 Å². The zero-order chi connectivity index (χ0) is 22.1. The molecule has 4 rings (SSSR count). The number of fused-ring (bicyclic) bond motifs is 1. The van der Waals surface area contributed by atoms with E-state index in [4.69, 9.17) is 16.2 Å². The number of nitrogens with two attached hydrogens (primary N) is 2. The molecule has 1 aromatic heterocycles. The number of nitrogens with zero attached hydrogens (tertiary/aromatic N) is 1. The van der Waals surface area contributed by atoms with Crippen LogP contribution in [0.15, 0.2) is 71.7 Å². The first-order chi connectivity index (χ1) is 14.9. The Bertz CT molecular complexity index is 1350. The van der Waals surface area contributed by atoms with Gasteiger partial charge < -0.3 is 20.8 Å². The van der Waals surface area contributed by atoms with Gasteiger partial charge in [-0.25, -0.2) is 4.39 Å². The minimum absolute atomic E-state index is 0.0271. The van der Waals surface area contributed by atoms with Crippen LogP contribution in [-0.4, -0.2) is 17.6 Å². The quantitative estimate of drug-likeness (QED) is 0.485. The molecule has 0 aliphatic heterocycles. The maximum Gasteiger partial charge on any atom is 0.254 e. The molecule has 0 radical (unpaired) electrons. The van der Waals surface area contributed by atoms with Crippen LogP contribution in [0.3, 0.4) is 0 Å². The molecule has 1 amide bonds. The van der Waals surface area contributed by atoms with Crippen molar-refractivity contribution in [1.29, 1.82) is 0 Å². The summed E-state index contributed by atoms with van der Waals surface area (Å²) in [6.07, 6.45) is 1.36. The third kappa shape index (κ3) is 3.61. The second-order valence-corrected chi connectivity index (χ2v) is 7.13. The molecule has 4 N–H and O–H groups in total. The average molecular weight is 417 g/mol. The minimum Gasteiger partial charge on any atom is -0.492 e. The fourth-order valence-corrected chi connectivity index (χ4v) is 3.65. The largest absolute Gasteiger partial charge is 0.492 e. The van der Waals surface area contributed by atoms with Gasteiger partial charge in [0.2, 0.25) is 5.43 Å². The Labute approximate surface area is 177 Å². The number of aromatic nitrogens is 1. The number of amides is 1. The highest BCUT2D eigenvalue weighted by Gasteiger charge is 2.20. The third-order valence-electron chi connectivity index (χ3n) is 5.19. The van der Waals surface area contributed by atoms with Crippen molar-refractivity contribution >= 4 is 22.5 Å². The number of hydrogen-bond acceptors (Lipinski definition) is 4. The molecule has 0 bridgehead atoms. The van der Waals surface area contributed by atoms with Gasteiger partial charge in [0.25, 0.3) is 5.91 Å². The Morgan fingerprint density at radius 1 is 1.06 bits per heavy atom. The molecule has 0 aliphatic rings. The maximum absolute atomic E-state index is 14.3. The number of pyridine rings is 1. The fourth-order valence-electron chi connectivity index (χ4n) is 3.65. The van der Waals surface area contributed by atoms with Crippen LogP contribution < -0.4 is 21.6 Å². The van der Waals surface area contributed by atoms with Crippen LogP contribution in [0.5, 0.6) is 5.75 Å². The summed E-state index contributed by atoms with van der Waals surface area (Å²) in [5.74, 6) is -1.66. The van der Waals surface area contributed by atoms with Crippen molar-refractivity contribution in [3.63, 3.8) is 0 Å². The van der Waals surface area contributed by atoms with E-state index in [2.05, 4.69) is 0 Å². The number of hydrogen-bond donors (Lipinski definition) is 2. The van der Waals surface area contributed by atoms with Gasteiger partial charge in [-0.05, 0) is 22.8 Å². The average Bonchev–Trinajstić information content (AvgIpc) is 2.78. The first kappa shape index (κ1) is 20.2. The number of rotatable bonds is 5. The zero-order valence-corrected chi connectivity index (χ0v) is 16.8. The van der Waals surface area contributed by atoms with Gasteiger partial charge in [-0.15, -0.1) is 0 Å². The summed E-state index contributed by atoms with van der Waals surface area (Å²) in [5, 5.41) is -0.0271. The van der Waals surface area contributed by atoms with Gasteiger partial charge in [-0.3, -0.25) is 9.59 Å². The highest BCUT2D eigenvalue weighted by molar-refractivity contribution is 5.98. The van der Waals surface area contributed by atoms with Gasteiger partial charge in [-0.1, -0.05) is 54.6 Å². The van der Waals surface area contributed by atoms with Crippen molar-refractivity contribution in [2.24, 2.45) is 5.73 Å². The lowest BCUT2D eigenvalue weighted by atomic mass is 10.0. The van der Waals surface area contributed by atoms with Crippen molar-refractivity contribution in [1.82, 2.24) is 4.57 Å². The standard InChI is InChI=1S/C24H20FN3O3/c1-31-23-20(26)19(25)11-17-21(23)28(13-18(22(17)29)24(27)30)12-14-7-9-16(10-8-14)15-5-3-2-4-6-15/h2-11,13H,12,26H2,1H3,(H2,27,30). The molecule has 0 spiro atoms. The molecule has 7 heteroatoms. The number of primary amides is 1. The van der Waals surface area contributed by atoms with Crippen LogP contribution in [0.4, 0.5) is 10.1 Å². The number of halogens is 1. The van der Waals surface area contributed by atoms with Crippen molar-refractivity contribution in [3.05, 3.63) is 94.0 Å². The predicted molar refractivity (Wildman–Crippen MR) is 119 cm³/mol. The van der Waals surface area contributed by atoms with E-state index >= 15 is 0 Å². The van der Waals surface area contributed by atoms with Crippen LogP contribution in [-0.2, 0) is 6.54 Å². The molecule has 1 heterocycles. The summed E-state index contributed by atoms with van der Waals surface area (Å²) in [5.41, 5.74) is 13.4. The van der Waals surface area contributed by atoms with Crippen LogP contribution in [0.25, 0.3) is 22.0 Å². The Hall–Kier alpha value is -4.13. The highest BCUT2D eigenvalue weighted by Crippen LogP contribution is 2.33. The molecule has 4 aromatic rings. The Balaban J connectivity index is 1.87. The van der Waals surface area contributed by atoms with Crippen LogP contribution in [0.2, 0.25) is 0 Å². The zero-order valence-electron chi connectivity index (χ0n) is 16.8. The maximum atomic E-state index is 14.3. The summed E-state index contributed by atoms with van der Waals surface area (Å²) in [6.45, 7) is 0.285. The molecule has 0 atom stereocenters. The monoisotopic (exact) mass is 417 g/mol. The van der Waals surface area contributed by atoms with Gasteiger partial charge in [-0.2, -0.15) is 0 Å². The molecule has 6 nitrogen and oxygen atoms in total. The van der Waals surface area contributed by atoms with Crippen molar-refractivity contribution in [2.45, 2.75) is 6.54 Å². The number of carbonyl (C=O) groups is 1. The molecule has 0 fully saturated rings. The molecule has 3 aromatic carbocycles. The van der Waals surface area contributed by atoms with E-state index in [1.807, 2.05) is 54.6 Å². The van der Waals surface area contributed by atoms with E-state index in [0.717, 1.165) is 22.8 Å². The van der Waals surface area contributed by atoms with Crippen LogP contribution in [0, 0.1) is 5.82 Å². The lowest BCUT2D eigenvalue weighted by Gasteiger charge is -2.17. The van der Waals surface area contributed by atoms with Gasteiger partial charge in [0, 0.05) is 12.7 Å². The highest BCUT2D eigenvalue weighted by atomic mass is 19.1. The number of nitrogen functional groups attached to an aromatic ring is 1. The SMILES string of the molecule is COc1c(N)c(F)cc2c(=O)c(C(N)=O)cn(Cc3ccc(-c4ccccc4)cc3)c12. The Morgan fingerprint density at radius 2 is 1.71 bits per heavy atom. The summed E-state index contributed by atoms with van der Waals surface area (Å²) in [4.78, 5) is 24.6. The van der Waals surface area contributed by atoms with Crippen molar-refractivity contribution in [3.8, 4) is 16.9 Å². The number of methoxy groups -OCH3 is 1. The summed E-state index contributed by atoms with van der Waals surface area (Å²) < 4.78 is 21.2. The van der Waals surface area contributed by atoms with Gasteiger partial charge in [0.15, 0.2) is 11.6 Å². The smallest absolute Gasteiger partial charge is 0.254 e. The summed E-state index contributed by atoms with van der Waals surface area (Å²) in [6, 6.07) is 18.8. The third-order valence-corrected chi connectivity index (χ3v) is 5.19. The van der Waals surface area contributed by atoms with E-state index in [0.29, 0.717) is 5.52 Å². The van der Waals surface area contributed by atoms with Gasteiger partial charge >= 0.3 is 0 Å². The van der Waals surface area contributed by atoms with E-state index in [1.165, 1.54) is 13.3 Å². The number of benzene rings is 3. The molecule has 31 heavy (non-hydrogen) atoms. The number of anilines is 1. The molecule has 0 aliphatic carbocycles. The van der Waals surface area contributed by atoms with E-state index in [1.54, 1.807) is 4.57 Å². The summed E-state index contributed by atoms with van der Waals surface area (Å²) in [7, 11) is 1.34.